The number of benzene rings is 2. The van der Waals surface area contributed by atoms with Crippen molar-refractivity contribution in [2.24, 2.45) is 0 Å². The van der Waals surface area contributed by atoms with Crippen LogP contribution in [-0.4, -0.2) is 13.1 Å². The van der Waals surface area contributed by atoms with Gasteiger partial charge < -0.3 is 10.6 Å². The molecule has 20 heavy (non-hydrogen) atoms. The molecule has 1 unspecified atom stereocenters. The largest absolute Gasteiger partial charge is 0.399 e. The van der Waals surface area contributed by atoms with Crippen molar-refractivity contribution in [1.29, 1.82) is 0 Å². The molecule has 2 nitrogen and oxygen atoms in total. The lowest BCUT2D eigenvalue weighted by atomic mass is 9.77. The van der Waals surface area contributed by atoms with E-state index in [0.29, 0.717) is 5.92 Å². The SMILES string of the molecule is CCCN(CC1Cc2ccccc21)c1ccc(N)cc1. The molecule has 0 fully saturated rings. The number of nitrogen functional groups attached to an aromatic ring is 1. The molecule has 0 saturated carbocycles. The number of fused-ring (bicyclic) bond motifs is 1. The van der Waals surface area contributed by atoms with Gasteiger partial charge in [0.05, 0.1) is 0 Å². The van der Waals surface area contributed by atoms with Crippen LogP contribution in [0.1, 0.15) is 30.4 Å². The highest BCUT2D eigenvalue weighted by atomic mass is 15.1. The summed E-state index contributed by atoms with van der Waals surface area (Å²) in [7, 11) is 0. The molecular formula is C18H22N2. The molecule has 0 heterocycles. The Balaban J connectivity index is 1.74. The number of anilines is 2. The molecule has 1 atom stereocenters. The second-order valence-electron chi connectivity index (χ2n) is 5.64. The Hall–Kier alpha value is -1.96. The molecule has 2 aromatic carbocycles. The zero-order valence-corrected chi connectivity index (χ0v) is 12.0. The lowest BCUT2D eigenvalue weighted by Gasteiger charge is -2.36. The van der Waals surface area contributed by atoms with Gasteiger partial charge in [-0.25, -0.2) is 0 Å². The summed E-state index contributed by atoms with van der Waals surface area (Å²) in [6, 6.07) is 17.1. The van der Waals surface area contributed by atoms with Crippen LogP contribution in [-0.2, 0) is 6.42 Å². The van der Waals surface area contributed by atoms with Crippen LogP contribution in [0.3, 0.4) is 0 Å². The molecule has 0 saturated heterocycles. The van der Waals surface area contributed by atoms with Crippen LogP contribution in [0.2, 0.25) is 0 Å². The van der Waals surface area contributed by atoms with E-state index in [0.717, 1.165) is 18.8 Å². The van der Waals surface area contributed by atoms with Crippen molar-refractivity contribution in [3.05, 3.63) is 59.7 Å². The van der Waals surface area contributed by atoms with Gasteiger partial charge in [-0.2, -0.15) is 0 Å². The van der Waals surface area contributed by atoms with Gasteiger partial charge in [-0.3, -0.25) is 0 Å². The summed E-state index contributed by atoms with van der Waals surface area (Å²) in [5.74, 6) is 0.676. The van der Waals surface area contributed by atoms with E-state index in [2.05, 4.69) is 48.2 Å². The summed E-state index contributed by atoms with van der Waals surface area (Å²) in [4.78, 5) is 2.49. The average Bonchev–Trinajstić information content (AvgIpc) is 2.44. The van der Waals surface area contributed by atoms with Gasteiger partial charge in [0.15, 0.2) is 0 Å². The number of hydrogen-bond acceptors (Lipinski definition) is 2. The fraction of sp³-hybridized carbons (Fsp3) is 0.333. The highest BCUT2D eigenvalue weighted by Crippen LogP contribution is 2.36. The van der Waals surface area contributed by atoms with Crippen LogP contribution in [0.4, 0.5) is 11.4 Å². The number of hydrogen-bond donors (Lipinski definition) is 1. The minimum atomic E-state index is 0.676. The van der Waals surface area contributed by atoms with Crippen LogP contribution in [0.25, 0.3) is 0 Å². The quantitative estimate of drug-likeness (QED) is 0.833. The van der Waals surface area contributed by atoms with Gasteiger partial charge in [0, 0.05) is 30.4 Å². The summed E-state index contributed by atoms with van der Waals surface area (Å²) >= 11 is 0. The number of rotatable bonds is 5. The van der Waals surface area contributed by atoms with Crippen LogP contribution in [0.5, 0.6) is 0 Å². The van der Waals surface area contributed by atoms with Crippen LogP contribution >= 0.6 is 0 Å². The third kappa shape index (κ3) is 2.51. The van der Waals surface area contributed by atoms with Crippen molar-refractivity contribution in [3.63, 3.8) is 0 Å². The van der Waals surface area contributed by atoms with Gasteiger partial charge in [0.1, 0.15) is 0 Å². The zero-order valence-electron chi connectivity index (χ0n) is 12.0. The minimum Gasteiger partial charge on any atom is -0.399 e. The first kappa shape index (κ1) is 13.0. The molecule has 1 aliphatic rings. The Morgan fingerprint density at radius 3 is 2.55 bits per heavy atom. The minimum absolute atomic E-state index is 0.676. The Morgan fingerprint density at radius 2 is 1.85 bits per heavy atom. The van der Waals surface area contributed by atoms with Gasteiger partial charge in [0.2, 0.25) is 0 Å². The van der Waals surface area contributed by atoms with Gasteiger partial charge in [-0.1, -0.05) is 31.2 Å². The molecule has 0 bridgehead atoms. The van der Waals surface area contributed by atoms with Crippen molar-refractivity contribution in [2.45, 2.75) is 25.7 Å². The molecule has 0 amide bonds. The normalized spacial score (nSPS) is 16.4. The Kier molecular flexibility index (Phi) is 3.64. The van der Waals surface area contributed by atoms with Crippen molar-refractivity contribution < 1.29 is 0 Å². The molecule has 0 spiro atoms. The third-order valence-corrected chi connectivity index (χ3v) is 4.15. The fourth-order valence-corrected chi connectivity index (χ4v) is 3.07. The Morgan fingerprint density at radius 1 is 1.10 bits per heavy atom. The fourth-order valence-electron chi connectivity index (χ4n) is 3.07. The van der Waals surface area contributed by atoms with Crippen LogP contribution in [0.15, 0.2) is 48.5 Å². The molecule has 2 N–H and O–H groups in total. The lowest BCUT2D eigenvalue weighted by molar-refractivity contribution is 0.579. The molecule has 2 aromatic rings. The maximum atomic E-state index is 5.78. The van der Waals surface area contributed by atoms with Crippen molar-refractivity contribution in [1.82, 2.24) is 0 Å². The van der Waals surface area contributed by atoms with Crippen LogP contribution in [0, 0.1) is 0 Å². The third-order valence-electron chi connectivity index (χ3n) is 4.15. The highest BCUT2D eigenvalue weighted by molar-refractivity contribution is 5.54. The molecular weight excluding hydrogens is 244 g/mol. The molecule has 2 heteroatoms. The summed E-state index contributed by atoms with van der Waals surface area (Å²) < 4.78 is 0. The molecule has 104 valence electrons. The Labute approximate surface area is 121 Å². The lowest BCUT2D eigenvalue weighted by Crippen LogP contribution is -2.34. The smallest absolute Gasteiger partial charge is 0.0367 e. The zero-order chi connectivity index (χ0) is 13.9. The molecule has 0 aromatic heterocycles. The van der Waals surface area contributed by atoms with E-state index < -0.39 is 0 Å². The first-order chi connectivity index (χ1) is 9.78. The predicted molar refractivity (Wildman–Crippen MR) is 86.2 cm³/mol. The van der Waals surface area contributed by atoms with E-state index >= 15 is 0 Å². The highest BCUT2D eigenvalue weighted by Gasteiger charge is 2.27. The van der Waals surface area contributed by atoms with E-state index in [1.54, 1.807) is 0 Å². The van der Waals surface area contributed by atoms with Crippen molar-refractivity contribution in [3.8, 4) is 0 Å². The molecule has 1 aliphatic carbocycles. The summed E-state index contributed by atoms with van der Waals surface area (Å²) in [6.45, 7) is 4.44. The number of nitrogens with zero attached hydrogens (tertiary/aromatic N) is 1. The summed E-state index contributed by atoms with van der Waals surface area (Å²) in [6.07, 6.45) is 2.38. The van der Waals surface area contributed by atoms with Gasteiger partial charge in [-0.15, -0.1) is 0 Å². The average molecular weight is 266 g/mol. The van der Waals surface area contributed by atoms with Crippen molar-refractivity contribution in [2.75, 3.05) is 23.7 Å². The van der Waals surface area contributed by atoms with E-state index in [-0.39, 0.29) is 0 Å². The van der Waals surface area contributed by atoms with Crippen LogP contribution < -0.4 is 10.6 Å². The van der Waals surface area contributed by atoms with Gasteiger partial charge in [-0.05, 0) is 48.2 Å². The van der Waals surface area contributed by atoms with E-state index in [1.807, 2.05) is 12.1 Å². The molecule has 0 aliphatic heterocycles. The second-order valence-corrected chi connectivity index (χ2v) is 5.64. The standard InChI is InChI=1S/C18H22N2/c1-2-11-20(17-9-7-16(19)8-10-17)13-15-12-14-5-3-4-6-18(14)15/h3-10,15H,2,11-13,19H2,1H3. The van der Waals surface area contributed by atoms with E-state index in [1.165, 1.54) is 29.7 Å². The molecule has 3 rings (SSSR count). The maximum absolute atomic E-state index is 5.78. The second kappa shape index (κ2) is 5.58. The number of nitrogens with two attached hydrogens (primary N) is 1. The van der Waals surface area contributed by atoms with E-state index in [4.69, 9.17) is 5.73 Å². The maximum Gasteiger partial charge on any atom is 0.0367 e. The van der Waals surface area contributed by atoms with Gasteiger partial charge >= 0.3 is 0 Å². The monoisotopic (exact) mass is 266 g/mol. The topological polar surface area (TPSA) is 29.3 Å². The predicted octanol–water partition coefficient (Wildman–Crippen LogP) is 3.83. The summed E-state index contributed by atoms with van der Waals surface area (Å²) in [5, 5.41) is 0. The van der Waals surface area contributed by atoms with Crippen molar-refractivity contribution >= 4 is 11.4 Å². The van der Waals surface area contributed by atoms with Gasteiger partial charge in [0.25, 0.3) is 0 Å². The Bertz CT molecular complexity index is 574. The van der Waals surface area contributed by atoms with E-state index in [9.17, 15) is 0 Å². The molecule has 0 radical (unpaired) electrons. The first-order valence-electron chi connectivity index (χ1n) is 7.46. The first-order valence-corrected chi connectivity index (χ1v) is 7.46. The summed E-state index contributed by atoms with van der Waals surface area (Å²) in [5.41, 5.74) is 11.0.